The van der Waals surface area contributed by atoms with Crippen LogP contribution < -0.4 is 0 Å². The van der Waals surface area contributed by atoms with Gasteiger partial charge < -0.3 is 10.2 Å². The molecule has 2 aromatic heterocycles. The first-order valence-corrected chi connectivity index (χ1v) is 12.7. The average molecular weight is 522 g/mol. The molecule has 0 bridgehead atoms. The van der Waals surface area contributed by atoms with Gasteiger partial charge in [-0.1, -0.05) is 35.9 Å². The molecule has 0 spiro atoms. The standard InChI is InChI=1S/C24H18ClN3O2S.C4H10O/c1-13-10-19-23(22(17(13)11-21(29)30)14-6-8-15(25)9-7-14)31-24(27-19)16-4-3-5-20-18(16)12-26-28(20)2;1-4(2,3)5/h3-10,12H,11H2,1-2H3,(H,29,30);5H,1-3H3. The van der Waals surface area contributed by atoms with E-state index in [0.29, 0.717) is 5.02 Å². The van der Waals surface area contributed by atoms with Gasteiger partial charge in [-0.3, -0.25) is 9.48 Å². The summed E-state index contributed by atoms with van der Waals surface area (Å²) in [7, 11) is 1.92. The Labute approximate surface area is 218 Å². The Hall–Kier alpha value is -3.26. The van der Waals surface area contributed by atoms with Gasteiger partial charge in [0.2, 0.25) is 0 Å². The van der Waals surface area contributed by atoms with Gasteiger partial charge in [-0.25, -0.2) is 4.98 Å². The number of carbonyl (C=O) groups is 1. The lowest BCUT2D eigenvalue weighted by atomic mass is 9.93. The SMILES string of the molecule is CC(C)(C)O.Cc1cc2nc(-c3cccc4c3cnn4C)sc2c(-c2ccc(Cl)cc2)c1CC(=O)O. The van der Waals surface area contributed by atoms with Crippen molar-refractivity contribution in [3.05, 3.63) is 70.9 Å². The Morgan fingerprint density at radius 1 is 1.14 bits per heavy atom. The number of aryl methyl sites for hydroxylation is 2. The van der Waals surface area contributed by atoms with Crippen LogP contribution in [0.5, 0.6) is 0 Å². The van der Waals surface area contributed by atoms with E-state index in [9.17, 15) is 9.90 Å². The summed E-state index contributed by atoms with van der Waals surface area (Å²) in [6.07, 6.45) is 1.81. The van der Waals surface area contributed by atoms with Crippen LogP contribution >= 0.6 is 22.9 Å². The van der Waals surface area contributed by atoms with E-state index in [0.717, 1.165) is 53.9 Å². The number of aromatic nitrogens is 3. The van der Waals surface area contributed by atoms with Crippen molar-refractivity contribution in [2.24, 2.45) is 7.05 Å². The Kier molecular flexibility index (Phi) is 7.18. The van der Waals surface area contributed by atoms with E-state index in [2.05, 4.69) is 11.2 Å². The molecule has 8 heteroatoms. The number of nitrogens with zero attached hydrogens (tertiary/aromatic N) is 3. The fourth-order valence-electron chi connectivity index (χ4n) is 4.02. The number of fused-ring (bicyclic) bond motifs is 2. The summed E-state index contributed by atoms with van der Waals surface area (Å²) in [6.45, 7) is 7.17. The smallest absolute Gasteiger partial charge is 0.307 e. The molecule has 2 N–H and O–H groups in total. The third kappa shape index (κ3) is 5.59. The summed E-state index contributed by atoms with van der Waals surface area (Å²) in [5.74, 6) is -0.859. The van der Waals surface area contributed by atoms with Gasteiger partial charge in [-0.2, -0.15) is 5.10 Å². The lowest BCUT2D eigenvalue weighted by molar-refractivity contribution is -0.136. The summed E-state index contributed by atoms with van der Waals surface area (Å²) in [5, 5.41) is 25.0. The highest BCUT2D eigenvalue weighted by molar-refractivity contribution is 7.22. The maximum Gasteiger partial charge on any atom is 0.307 e. The minimum atomic E-state index is -0.859. The summed E-state index contributed by atoms with van der Waals surface area (Å²) in [4.78, 5) is 16.6. The Morgan fingerprint density at radius 2 is 1.81 bits per heavy atom. The van der Waals surface area contributed by atoms with Crippen LogP contribution in [-0.4, -0.2) is 36.5 Å². The van der Waals surface area contributed by atoms with Crippen molar-refractivity contribution in [2.75, 3.05) is 0 Å². The summed E-state index contributed by atoms with van der Waals surface area (Å²) in [6, 6.07) is 15.6. The highest BCUT2D eigenvalue weighted by Gasteiger charge is 2.20. The maximum absolute atomic E-state index is 11.6. The van der Waals surface area contributed by atoms with Crippen molar-refractivity contribution < 1.29 is 15.0 Å². The van der Waals surface area contributed by atoms with Crippen LogP contribution in [0, 0.1) is 6.92 Å². The molecule has 0 atom stereocenters. The molecule has 5 rings (SSSR count). The largest absolute Gasteiger partial charge is 0.481 e. The van der Waals surface area contributed by atoms with E-state index in [4.69, 9.17) is 21.7 Å². The number of halogens is 1. The lowest BCUT2D eigenvalue weighted by Crippen LogP contribution is -2.10. The van der Waals surface area contributed by atoms with Crippen molar-refractivity contribution in [1.29, 1.82) is 0 Å². The second-order valence-electron chi connectivity index (χ2n) is 9.67. The fraction of sp³-hybridized carbons (Fsp3) is 0.250. The molecule has 0 aliphatic carbocycles. The maximum atomic E-state index is 11.6. The van der Waals surface area contributed by atoms with E-state index < -0.39 is 11.6 Å². The minimum absolute atomic E-state index is 0.0504. The first-order valence-electron chi connectivity index (χ1n) is 11.5. The predicted molar refractivity (Wildman–Crippen MR) is 148 cm³/mol. The molecule has 0 saturated carbocycles. The fourth-order valence-corrected chi connectivity index (χ4v) is 5.32. The number of hydrogen-bond donors (Lipinski definition) is 2. The van der Waals surface area contributed by atoms with Gasteiger partial charge in [-0.15, -0.1) is 11.3 Å². The van der Waals surface area contributed by atoms with Crippen molar-refractivity contribution >= 4 is 50.0 Å². The number of aliphatic carboxylic acids is 1. The number of benzene rings is 3. The van der Waals surface area contributed by atoms with Gasteiger partial charge in [-0.05, 0) is 68.7 Å². The topological polar surface area (TPSA) is 88.2 Å². The second kappa shape index (κ2) is 10.0. The van der Waals surface area contributed by atoms with Crippen LogP contribution in [-0.2, 0) is 18.3 Å². The van der Waals surface area contributed by atoms with Gasteiger partial charge >= 0.3 is 5.97 Å². The predicted octanol–water partition coefficient (Wildman–Crippen LogP) is 6.88. The summed E-state index contributed by atoms with van der Waals surface area (Å²) >= 11 is 7.68. The molecule has 2 heterocycles. The zero-order valence-electron chi connectivity index (χ0n) is 20.8. The lowest BCUT2D eigenvalue weighted by Gasteiger charge is -2.13. The molecule has 186 valence electrons. The Morgan fingerprint density at radius 3 is 2.44 bits per heavy atom. The van der Waals surface area contributed by atoms with E-state index in [-0.39, 0.29) is 6.42 Å². The van der Waals surface area contributed by atoms with Gasteiger partial charge in [0.1, 0.15) is 5.01 Å². The normalized spacial score (nSPS) is 11.5. The van der Waals surface area contributed by atoms with Gasteiger partial charge in [0.25, 0.3) is 0 Å². The molecule has 0 fully saturated rings. The minimum Gasteiger partial charge on any atom is -0.481 e. The van der Waals surface area contributed by atoms with E-state index in [1.165, 1.54) is 0 Å². The number of rotatable bonds is 4. The molecule has 6 nitrogen and oxygen atoms in total. The number of hydrogen-bond acceptors (Lipinski definition) is 5. The highest BCUT2D eigenvalue weighted by atomic mass is 35.5. The molecule has 0 saturated heterocycles. The molecular formula is C28H28ClN3O3S. The van der Waals surface area contributed by atoms with E-state index >= 15 is 0 Å². The van der Waals surface area contributed by atoms with Crippen LogP contribution in [0.2, 0.25) is 5.02 Å². The number of carboxylic acid groups (broad SMARTS) is 1. The van der Waals surface area contributed by atoms with Crippen molar-refractivity contribution in [2.45, 2.75) is 39.7 Å². The molecule has 36 heavy (non-hydrogen) atoms. The molecule has 0 aliphatic rings. The van der Waals surface area contributed by atoms with E-state index in [1.54, 1.807) is 32.1 Å². The zero-order chi connectivity index (χ0) is 26.2. The highest BCUT2D eigenvalue weighted by Crippen LogP contribution is 2.42. The number of aliphatic hydroxyl groups is 1. The summed E-state index contributed by atoms with van der Waals surface area (Å²) < 4.78 is 2.82. The van der Waals surface area contributed by atoms with Gasteiger partial charge in [0, 0.05) is 28.6 Å². The van der Waals surface area contributed by atoms with E-state index in [1.807, 2.05) is 67.3 Å². The molecule has 0 amide bonds. The molecule has 3 aromatic carbocycles. The Bertz CT molecular complexity index is 1560. The first-order chi connectivity index (χ1) is 16.9. The van der Waals surface area contributed by atoms with Crippen molar-refractivity contribution in [3.63, 3.8) is 0 Å². The molecule has 0 unspecified atom stereocenters. The molecule has 0 radical (unpaired) electrons. The van der Waals surface area contributed by atoms with Crippen LogP contribution in [0.15, 0.2) is 54.7 Å². The van der Waals surface area contributed by atoms with Crippen LogP contribution in [0.1, 0.15) is 31.9 Å². The first kappa shape index (κ1) is 25.8. The van der Waals surface area contributed by atoms with Gasteiger partial charge in [0.05, 0.1) is 34.0 Å². The van der Waals surface area contributed by atoms with Crippen LogP contribution in [0.3, 0.4) is 0 Å². The zero-order valence-corrected chi connectivity index (χ0v) is 22.4. The van der Waals surface area contributed by atoms with Gasteiger partial charge in [0.15, 0.2) is 0 Å². The second-order valence-corrected chi connectivity index (χ2v) is 11.1. The quantitative estimate of drug-likeness (QED) is 0.269. The Balaban J connectivity index is 0.000000556. The van der Waals surface area contributed by atoms with Crippen molar-refractivity contribution in [3.8, 4) is 21.7 Å². The third-order valence-corrected chi connectivity index (χ3v) is 6.87. The van der Waals surface area contributed by atoms with Crippen LogP contribution in [0.25, 0.3) is 42.8 Å². The number of thiazole rings is 1. The molecule has 0 aliphatic heterocycles. The monoisotopic (exact) mass is 521 g/mol. The molecule has 5 aromatic rings. The summed E-state index contributed by atoms with van der Waals surface area (Å²) in [5.41, 5.74) is 5.98. The van der Waals surface area contributed by atoms with Crippen molar-refractivity contribution in [1.82, 2.24) is 14.8 Å². The van der Waals surface area contributed by atoms with Crippen LogP contribution in [0.4, 0.5) is 0 Å². The third-order valence-electron chi connectivity index (χ3n) is 5.49. The molecular weight excluding hydrogens is 494 g/mol. The average Bonchev–Trinajstić information content (AvgIpc) is 3.37. The number of carboxylic acids is 1.